The van der Waals surface area contributed by atoms with Crippen molar-refractivity contribution in [2.45, 2.75) is 25.8 Å². The number of carbonyl (C=O) groups is 2. The first kappa shape index (κ1) is 15.3. The van der Waals surface area contributed by atoms with Crippen LogP contribution in [-0.4, -0.2) is 29.3 Å². The van der Waals surface area contributed by atoms with Crippen molar-refractivity contribution < 1.29 is 9.59 Å². The van der Waals surface area contributed by atoms with Gasteiger partial charge in [-0.2, -0.15) is 0 Å². The molecule has 1 unspecified atom stereocenters. The van der Waals surface area contributed by atoms with E-state index in [1.165, 1.54) is 0 Å². The summed E-state index contributed by atoms with van der Waals surface area (Å²) in [4.78, 5) is 24.6. The minimum Gasteiger partial charge on any atom is -0.294 e. The van der Waals surface area contributed by atoms with Gasteiger partial charge in [0, 0.05) is 25.5 Å². The van der Waals surface area contributed by atoms with Gasteiger partial charge in [-0.3, -0.25) is 19.6 Å². The smallest absolute Gasteiger partial charge is 0.238 e. The first-order valence-electron chi connectivity index (χ1n) is 7.87. The van der Waals surface area contributed by atoms with Crippen LogP contribution in [0.4, 0.5) is 5.69 Å². The number of nitrogens with zero attached hydrogens (tertiary/aromatic N) is 2. The van der Waals surface area contributed by atoms with Gasteiger partial charge in [-0.05, 0) is 18.6 Å². The zero-order valence-electron chi connectivity index (χ0n) is 13.2. The van der Waals surface area contributed by atoms with Crippen molar-refractivity contribution in [2.75, 3.05) is 11.6 Å². The molecule has 3 rings (SSSR count). The SMILES string of the molecule is CC(=O)N1C(CC(=O)c2ccccc2)CCN1c1ccccc1. The highest BCUT2D eigenvalue weighted by atomic mass is 16.2. The molecule has 1 heterocycles. The molecule has 1 aliphatic heterocycles. The summed E-state index contributed by atoms with van der Waals surface area (Å²) in [5, 5.41) is 3.71. The van der Waals surface area contributed by atoms with E-state index in [1.807, 2.05) is 65.7 Å². The van der Waals surface area contributed by atoms with E-state index in [0.717, 1.165) is 18.7 Å². The van der Waals surface area contributed by atoms with Crippen LogP contribution in [0.3, 0.4) is 0 Å². The van der Waals surface area contributed by atoms with Crippen LogP contribution < -0.4 is 5.01 Å². The maximum absolute atomic E-state index is 12.5. The fourth-order valence-corrected chi connectivity index (χ4v) is 3.12. The molecule has 23 heavy (non-hydrogen) atoms. The first-order valence-corrected chi connectivity index (χ1v) is 7.87. The molecule has 4 heteroatoms. The summed E-state index contributed by atoms with van der Waals surface area (Å²) in [5.74, 6) is 0.0500. The average Bonchev–Trinajstić information content (AvgIpc) is 3.00. The van der Waals surface area contributed by atoms with Crippen LogP contribution in [0.15, 0.2) is 60.7 Å². The monoisotopic (exact) mass is 308 g/mol. The molecule has 118 valence electrons. The third kappa shape index (κ3) is 3.26. The summed E-state index contributed by atoms with van der Waals surface area (Å²) in [7, 11) is 0. The largest absolute Gasteiger partial charge is 0.294 e. The number of para-hydroxylation sites is 1. The lowest BCUT2D eigenvalue weighted by molar-refractivity contribution is -0.130. The number of amides is 1. The lowest BCUT2D eigenvalue weighted by atomic mass is 10.0. The van der Waals surface area contributed by atoms with Crippen molar-refractivity contribution in [3.05, 3.63) is 66.2 Å². The van der Waals surface area contributed by atoms with Gasteiger partial charge in [0.1, 0.15) is 0 Å². The Morgan fingerprint density at radius 1 is 1.00 bits per heavy atom. The fourth-order valence-electron chi connectivity index (χ4n) is 3.12. The predicted molar refractivity (Wildman–Crippen MR) is 90.1 cm³/mol. The number of anilines is 1. The van der Waals surface area contributed by atoms with E-state index in [4.69, 9.17) is 0 Å². The van der Waals surface area contributed by atoms with Gasteiger partial charge < -0.3 is 0 Å². The van der Waals surface area contributed by atoms with Gasteiger partial charge in [0.05, 0.1) is 11.7 Å². The minimum atomic E-state index is -0.0830. The van der Waals surface area contributed by atoms with Gasteiger partial charge in [0.15, 0.2) is 5.78 Å². The summed E-state index contributed by atoms with van der Waals surface area (Å²) in [6.07, 6.45) is 1.15. The highest BCUT2D eigenvalue weighted by Crippen LogP contribution is 2.28. The van der Waals surface area contributed by atoms with Gasteiger partial charge in [-0.15, -0.1) is 0 Å². The maximum atomic E-state index is 12.5. The highest BCUT2D eigenvalue weighted by molar-refractivity contribution is 5.96. The Balaban J connectivity index is 1.78. The van der Waals surface area contributed by atoms with E-state index >= 15 is 0 Å². The molecule has 2 aromatic rings. The zero-order valence-corrected chi connectivity index (χ0v) is 13.2. The average molecular weight is 308 g/mol. The number of hydrogen-bond donors (Lipinski definition) is 0. The molecule has 0 spiro atoms. The normalized spacial score (nSPS) is 17.3. The van der Waals surface area contributed by atoms with Crippen molar-refractivity contribution >= 4 is 17.4 Å². The third-order valence-electron chi connectivity index (χ3n) is 4.17. The number of ketones is 1. The van der Waals surface area contributed by atoms with E-state index in [0.29, 0.717) is 12.0 Å². The van der Waals surface area contributed by atoms with Crippen LogP contribution in [-0.2, 0) is 4.79 Å². The summed E-state index contributed by atoms with van der Waals surface area (Å²) in [6, 6.07) is 19.0. The van der Waals surface area contributed by atoms with E-state index in [2.05, 4.69) is 0 Å². The Bertz CT molecular complexity index is 685. The first-order chi connectivity index (χ1) is 11.2. The van der Waals surface area contributed by atoms with Crippen LogP contribution in [0.1, 0.15) is 30.1 Å². The maximum Gasteiger partial charge on any atom is 0.238 e. The molecule has 1 aliphatic rings. The van der Waals surface area contributed by atoms with E-state index in [-0.39, 0.29) is 17.7 Å². The molecule has 1 saturated heterocycles. The van der Waals surface area contributed by atoms with E-state index in [9.17, 15) is 9.59 Å². The molecule has 0 aliphatic carbocycles. The molecule has 0 aromatic heterocycles. The number of benzene rings is 2. The van der Waals surface area contributed by atoms with Gasteiger partial charge in [-0.25, -0.2) is 0 Å². The molecule has 0 saturated carbocycles. The molecule has 1 amide bonds. The van der Waals surface area contributed by atoms with Crippen LogP contribution in [0.25, 0.3) is 0 Å². The number of hydrazine groups is 1. The van der Waals surface area contributed by atoms with Crippen molar-refractivity contribution in [3.8, 4) is 0 Å². The molecule has 1 atom stereocenters. The minimum absolute atomic E-state index is 0.0304. The van der Waals surface area contributed by atoms with Crippen LogP contribution in [0.2, 0.25) is 0 Å². The Morgan fingerprint density at radius 3 is 2.22 bits per heavy atom. The van der Waals surface area contributed by atoms with Gasteiger partial charge >= 0.3 is 0 Å². The summed E-state index contributed by atoms with van der Waals surface area (Å²) in [6.45, 7) is 2.30. The van der Waals surface area contributed by atoms with Crippen LogP contribution in [0, 0.1) is 0 Å². The predicted octanol–water partition coefficient (Wildman–Crippen LogP) is 3.30. The van der Waals surface area contributed by atoms with Gasteiger partial charge in [-0.1, -0.05) is 48.5 Å². The zero-order chi connectivity index (χ0) is 16.2. The summed E-state index contributed by atoms with van der Waals surface area (Å²) < 4.78 is 0. The van der Waals surface area contributed by atoms with E-state index < -0.39 is 0 Å². The number of Topliss-reactive ketones (excluding diaryl/α,β-unsaturated/α-hetero) is 1. The molecule has 4 nitrogen and oxygen atoms in total. The number of hydrogen-bond acceptors (Lipinski definition) is 3. The Labute approximate surface area is 136 Å². The summed E-state index contributed by atoms with van der Waals surface area (Å²) >= 11 is 0. The lowest BCUT2D eigenvalue weighted by Gasteiger charge is -2.32. The molecular weight excluding hydrogens is 288 g/mol. The van der Waals surface area contributed by atoms with Crippen molar-refractivity contribution in [2.24, 2.45) is 0 Å². The Hall–Kier alpha value is -2.62. The molecule has 1 fully saturated rings. The standard InChI is InChI=1S/C19H20N2O2/c1-15(22)21-18(14-19(23)16-8-4-2-5-9-16)12-13-20(21)17-10-6-3-7-11-17/h2-11,18H,12-14H2,1H3. The van der Waals surface area contributed by atoms with Gasteiger partial charge in [0.25, 0.3) is 0 Å². The fraction of sp³-hybridized carbons (Fsp3) is 0.263. The molecule has 0 radical (unpaired) electrons. The van der Waals surface area contributed by atoms with Crippen molar-refractivity contribution in [1.29, 1.82) is 0 Å². The summed E-state index contributed by atoms with van der Waals surface area (Å²) in [5.41, 5.74) is 1.69. The second kappa shape index (κ2) is 6.65. The Kier molecular flexibility index (Phi) is 4.42. The molecular formula is C19H20N2O2. The molecule has 0 bridgehead atoms. The second-order valence-electron chi connectivity index (χ2n) is 5.76. The highest BCUT2D eigenvalue weighted by Gasteiger charge is 2.35. The van der Waals surface area contributed by atoms with E-state index in [1.54, 1.807) is 11.9 Å². The topological polar surface area (TPSA) is 40.6 Å². The lowest BCUT2D eigenvalue weighted by Crippen LogP contribution is -2.45. The number of carbonyl (C=O) groups excluding carboxylic acids is 2. The number of rotatable bonds is 4. The van der Waals surface area contributed by atoms with Gasteiger partial charge in [0.2, 0.25) is 5.91 Å². The van der Waals surface area contributed by atoms with Crippen molar-refractivity contribution in [3.63, 3.8) is 0 Å². The quantitative estimate of drug-likeness (QED) is 0.814. The third-order valence-corrected chi connectivity index (χ3v) is 4.17. The van der Waals surface area contributed by atoms with Crippen LogP contribution in [0.5, 0.6) is 0 Å². The Morgan fingerprint density at radius 2 is 1.61 bits per heavy atom. The molecule has 2 aromatic carbocycles. The molecule has 0 N–H and O–H groups in total. The van der Waals surface area contributed by atoms with Crippen LogP contribution >= 0.6 is 0 Å². The van der Waals surface area contributed by atoms with Crippen molar-refractivity contribution in [1.82, 2.24) is 5.01 Å². The second-order valence-corrected chi connectivity index (χ2v) is 5.76.